The van der Waals surface area contributed by atoms with Crippen LogP contribution < -0.4 is 10.5 Å². The molecule has 0 aliphatic heterocycles. The summed E-state index contributed by atoms with van der Waals surface area (Å²) in [7, 11) is 1.51. The molecule has 0 saturated heterocycles. The highest BCUT2D eigenvalue weighted by molar-refractivity contribution is 5.76. The van der Waals surface area contributed by atoms with Gasteiger partial charge in [0.25, 0.3) is 0 Å². The van der Waals surface area contributed by atoms with E-state index in [1.54, 1.807) is 6.07 Å². The lowest BCUT2D eigenvalue weighted by Gasteiger charge is -2.13. The Morgan fingerprint density at radius 2 is 2.27 bits per heavy atom. The van der Waals surface area contributed by atoms with Crippen molar-refractivity contribution in [2.75, 3.05) is 7.11 Å². The van der Waals surface area contributed by atoms with Gasteiger partial charge in [-0.1, -0.05) is 19.1 Å². The van der Waals surface area contributed by atoms with E-state index in [2.05, 4.69) is 0 Å². The van der Waals surface area contributed by atoms with Gasteiger partial charge >= 0.3 is 5.97 Å². The minimum absolute atomic E-state index is 0.502. The van der Waals surface area contributed by atoms with E-state index in [0.717, 1.165) is 12.0 Å². The van der Waals surface area contributed by atoms with Gasteiger partial charge in [0, 0.05) is 5.56 Å². The lowest BCUT2D eigenvalue weighted by atomic mass is 10.0. The highest BCUT2D eigenvalue weighted by Crippen LogP contribution is 2.25. The molecular formula is C11H15NO3. The first-order chi connectivity index (χ1) is 7.10. The van der Waals surface area contributed by atoms with E-state index in [4.69, 9.17) is 15.6 Å². The molecule has 0 spiro atoms. The monoisotopic (exact) mass is 209 g/mol. The normalized spacial score (nSPS) is 12.2. The fourth-order valence-electron chi connectivity index (χ4n) is 1.37. The van der Waals surface area contributed by atoms with Crippen LogP contribution in [0.1, 0.15) is 24.1 Å². The summed E-state index contributed by atoms with van der Waals surface area (Å²) in [6.07, 6.45) is 0.874. The fourth-order valence-corrected chi connectivity index (χ4v) is 1.37. The molecule has 0 aromatic heterocycles. The summed E-state index contributed by atoms with van der Waals surface area (Å²) in [4.78, 5) is 10.7. The zero-order valence-electron chi connectivity index (χ0n) is 8.86. The molecule has 82 valence electrons. The Bertz CT molecular complexity index is 363. The molecule has 4 heteroatoms. The van der Waals surface area contributed by atoms with Gasteiger partial charge in [-0.3, -0.25) is 4.79 Å². The lowest BCUT2D eigenvalue weighted by Crippen LogP contribution is -2.21. The number of carbonyl (C=O) groups is 1. The van der Waals surface area contributed by atoms with Gasteiger partial charge in [-0.15, -0.1) is 0 Å². The van der Waals surface area contributed by atoms with Crippen LogP contribution in [0.15, 0.2) is 18.2 Å². The van der Waals surface area contributed by atoms with Crippen molar-refractivity contribution in [1.82, 2.24) is 0 Å². The van der Waals surface area contributed by atoms with Crippen LogP contribution >= 0.6 is 0 Å². The maximum atomic E-state index is 10.7. The van der Waals surface area contributed by atoms with Crippen molar-refractivity contribution in [2.45, 2.75) is 19.4 Å². The van der Waals surface area contributed by atoms with Crippen LogP contribution in [-0.2, 0) is 11.2 Å². The van der Waals surface area contributed by atoms with Crippen LogP contribution in [0, 0.1) is 0 Å². The standard InChI is InChI=1S/C11H15NO3/c1-3-7-4-5-8(9(6-7)15-2)10(12)11(13)14/h4-6,10H,3,12H2,1-2H3,(H,13,14)/t10-/m1/s1. The first-order valence-corrected chi connectivity index (χ1v) is 4.75. The Morgan fingerprint density at radius 1 is 1.60 bits per heavy atom. The van der Waals surface area contributed by atoms with Gasteiger partial charge in [0.15, 0.2) is 0 Å². The molecular weight excluding hydrogens is 194 g/mol. The molecule has 0 aliphatic carbocycles. The summed E-state index contributed by atoms with van der Waals surface area (Å²) in [6, 6.07) is 4.35. The van der Waals surface area contributed by atoms with Gasteiger partial charge in [-0.2, -0.15) is 0 Å². The Hall–Kier alpha value is -1.55. The second kappa shape index (κ2) is 4.79. The zero-order chi connectivity index (χ0) is 11.4. The topological polar surface area (TPSA) is 72.6 Å². The minimum atomic E-state index is -1.06. The number of hydrogen-bond donors (Lipinski definition) is 2. The van der Waals surface area contributed by atoms with Crippen molar-refractivity contribution in [1.29, 1.82) is 0 Å². The van der Waals surface area contributed by atoms with Crippen molar-refractivity contribution in [3.63, 3.8) is 0 Å². The second-order valence-corrected chi connectivity index (χ2v) is 3.25. The van der Waals surface area contributed by atoms with Crippen molar-refractivity contribution >= 4 is 5.97 Å². The number of aliphatic carboxylic acids is 1. The van der Waals surface area contributed by atoms with Crippen LogP contribution in [0.4, 0.5) is 0 Å². The summed E-state index contributed by atoms with van der Waals surface area (Å²) < 4.78 is 5.12. The first kappa shape index (κ1) is 11.5. The number of methoxy groups -OCH3 is 1. The highest BCUT2D eigenvalue weighted by atomic mass is 16.5. The number of aryl methyl sites for hydroxylation is 1. The molecule has 15 heavy (non-hydrogen) atoms. The first-order valence-electron chi connectivity index (χ1n) is 4.75. The van der Waals surface area contributed by atoms with Crippen molar-refractivity contribution in [2.24, 2.45) is 5.73 Å². The molecule has 0 radical (unpaired) electrons. The van der Waals surface area contributed by atoms with Crippen molar-refractivity contribution in [3.8, 4) is 5.75 Å². The van der Waals surface area contributed by atoms with Crippen LogP contribution in [0.5, 0.6) is 5.75 Å². The highest BCUT2D eigenvalue weighted by Gasteiger charge is 2.18. The van der Waals surface area contributed by atoms with Gasteiger partial charge in [0.2, 0.25) is 0 Å². The van der Waals surface area contributed by atoms with E-state index in [-0.39, 0.29) is 0 Å². The molecule has 1 aromatic carbocycles. The average Bonchev–Trinajstić information content (AvgIpc) is 2.27. The number of hydrogen-bond acceptors (Lipinski definition) is 3. The second-order valence-electron chi connectivity index (χ2n) is 3.25. The smallest absolute Gasteiger partial charge is 0.325 e. The predicted molar refractivity (Wildman–Crippen MR) is 56.9 cm³/mol. The summed E-state index contributed by atoms with van der Waals surface area (Å²) in [5.74, 6) is -0.526. The third kappa shape index (κ3) is 2.47. The molecule has 1 atom stereocenters. The van der Waals surface area contributed by atoms with Gasteiger partial charge < -0.3 is 15.6 Å². The van der Waals surface area contributed by atoms with Crippen LogP contribution in [0.2, 0.25) is 0 Å². The van der Waals surface area contributed by atoms with Gasteiger partial charge in [-0.05, 0) is 18.1 Å². The van der Waals surface area contributed by atoms with Gasteiger partial charge in [0.1, 0.15) is 11.8 Å². The molecule has 4 nitrogen and oxygen atoms in total. The third-order valence-corrected chi connectivity index (χ3v) is 2.31. The summed E-state index contributed by atoms with van der Waals surface area (Å²) in [5.41, 5.74) is 7.12. The number of benzene rings is 1. The summed E-state index contributed by atoms with van der Waals surface area (Å²) in [6.45, 7) is 2.02. The van der Waals surface area contributed by atoms with E-state index >= 15 is 0 Å². The SMILES string of the molecule is CCc1ccc([C@@H](N)C(=O)O)c(OC)c1. The molecule has 3 N–H and O–H groups in total. The summed E-state index contributed by atoms with van der Waals surface area (Å²) >= 11 is 0. The zero-order valence-corrected chi connectivity index (χ0v) is 8.86. The molecule has 0 saturated carbocycles. The maximum absolute atomic E-state index is 10.7. The number of ether oxygens (including phenoxy) is 1. The number of rotatable bonds is 4. The maximum Gasteiger partial charge on any atom is 0.325 e. The third-order valence-electron chi connectivity index (χ3n) is 2.31. The molecule has 0 amide bonds. The van der Waals surface area contributed by atoms with E-state index in [9.17, 15) is 4.79 Å². The number of carboxylic acids is 1. The van der Waals surface area contributed by atoms with E-state index in [0.29, 0.717) is 11.3 Å². The number of carboxylic acid groups (broad SMARTS) is 1. The predicted octanol–water partition coefficient (Wildman–Crippen LogP) is 1.34. The lowest BCUT2D eigenvalue weighted by molar-refractivity contribution is -0.138. The van der Waals surface area contributed by atoms with Crippen LogP contribution in [0.25, 0.3) is 0 Å². The molecule has 0 heterocycles. The van der Waals surface area contributed by atoms with E-state index in [1.807, 2.05) is 19.1 Å². The number of nitrogens with two attached hydrogens (primary N) is 1. The fraction of sp³-hybridized carbons (Fsp3) is 0.364. The summed E-state index contributed by atoms with van der Waals surface area (Å²) in [5, 5.41) is 8.80. The van der Waals surface area contributed by atoms with Crippen molar-refractivity contribution < 1.29 is 14.6 Å². The Kier molecular flexibility index (Phi) is 3.68. The molecule has 0 bridgehead atoms. The molecule has 1 rings (SSSR count). The van der Waals surface area contributed by atoms with E-state index < -0.39 is 12.0 Å². The quantitative estimate of drug-likeness (QED) is 0.784. The molecule has 1 aromatic rings. The molecule has 0 aliphatic rings. The molecule has 0 fully saturated rings. The Labute approximate surface area is 88.7 Å². The Morgan fingerprint density at radius 3 is 2.73 bits per heavy atom. The minimum Gasteiger partial charge on any atom is -0.496 e. The average molecular weight is 209 g/mol. The van der Waals surface area contributed by atoms with E-state index in [1.165, 1.54) is 7.11 Å². The van der Waals surface area contributed by atoms with Gasteiger partial charge in [0.05, 0.1) is 7.11 Å². The van der Waals surface area contributed by atoms with Gasteiger partial charge in [-0.25, -0.2) is 0 Å². The largest absolute Gasteiger partial charge is 0.496 e. The molecule has 0 unspecified atom stereocenters. The van der Waals surface area contributed by atoms with Crippen molar-refractivity contribution in [3.05, 3.63) is 29.3 Å². The Balaban J connectivity index is 3.12. The van der Waals surface area contributed by atoms with Crippen LogP contribution in [0.3, 0.4) is 0 Å². The van der Waals surface area contributed by atoms with Crippen LogP contribution in [-0.4, -0.2) is 18.2 Å².